The third-order valence-corrected chi connectivity index (χ3v) is 2.88. The molecule has 0 aliphatic carbocycles. The third kappa shape index (κ3) is 2.03. The highest BCUT2D eigenvalue weighted by Crippen LogP contribution is 2.25. The SMILES string of the molecule is Cc1cccc2c(OC[C@H]3CO3)cc(=O)[nH]c12. The van der Waals surface area contributed by atoms with Crippen LogP contribution in [0.5, 0.6) is 5.75 Å². The minimum Gasteiger partial charge on any atom is -0.490 e. The van der Waals surface area contributed by atoms with Gasteiger partial charge in [0.1, 0.15) is 18.5 Å². The zero-order valence-corrected chi connectivity index (χ0v) is 9.53. The molecule has 3 rings (SSSR count). The van der Waals surface area contributed by atoms with Crippen molar-refractivity contribution in [2.24, 2.45) is 0 Å². The minimum absolute atomic E-state index is 0.140. The molecule has 0 spiro atoms. The van der Waals surface area contributed by atoms with Gasteiger partial charge in [0.15, 0.2) is 0 Å². The van der Waals surface area contributed by atoms with E-state index in [1.54, 1.807) is 0 Å². The van der Waals surface area contributed by atoms with Crippen molar-refractivity contribution in [3.05, 3.63) is 40.2 Å². The Hall–Kier alpha value is -1.81. The van der Waals surface area contributed by atoms with Gasteiger partial charge in [-0.25, -0.2) is 0 Å². The van der Waals surface area contributed by atoms with Gasteiger partial charge in [0.25, 0.3) is 5.56 Å². The van der Waals surface area contributed by atoms with Crippen LogP contribution in [0.3, 0.4) is 0 Å². The quantitative estimate of drug-likeness (QED) is 0.816. The van der Waals surface area contributed by atoms with Crippen molar-refractivity contribution < 1.29 is 9.47 Å². The summed E-state index contributed by atoms with van der Waals surface area (Å²) in [6.07, 6.45) is 0.189. The summed E-state index contributed by atoms with van der Waals surface area (Å²) in [5.41, 5.74) is 1.73. The monoisotopic (exact) mass is 231 g/mol. The summed E-state index contributed by atoms with van der Waals surface area (Å²) in [5, 5.41) is 0.935. The van der Waals surface area contributed by atoms with Crippen LogP contribution in [-0.4, -0.2) is 24.3 Å². The Labute approximate surface area is 98.2 Å². The number of aryl methyl sites for hydroxylation is 1. The molecule has 1 aromatic heterocycles. The molecule has 4 nitrogen and oxygen atoms in total. The molecular formula is C13H13NO3. The minimum atomic E-state index is -0.140. The van der Waals surface area contributed by atoms with Crippen molar-refractivity contribution in [3.8, 4) is 5.75 Å². The molecule has 0 bridgehead atoms. The van der Waals surface area contributed by atoms with E-state index >= 15 is 0 Å². The molecule has 1 N–H and O–H groups in total. The van der Waals surface area contributed by atoms with E-state index in [4.69, 9.17) is 9.47 Å². The molecule has 0 amide bonds. The van der Waals surface area contributed by atoms with Crippen molar-refractivity contribution >= 4 is 10.9 Å². The molecule has 0 saturated carbocycles. The van der Waals surface area contributed by atoms with E-state index in [0.29, 0.717) is 12.4 Å². The van der Waals surface area contributed by atoms with E-state index in [-0.39, 0.29) is 11.7 Å². The predicted molar refractivity (Wildman–Crippen MR) is 64.5 cm³/mol. The molecule has 2 heterocycles. The maximum atomic E-state index is 11.5. The van der Waals surface area contributed by atoms with E-state index in [1.165, 1.54) is 6.07 Å². The van der Waals surface area contributed by atoms with Crippen LogP contribution in [0.2, 0.25) is 0 Å². The number of ether oxygens (including phenoxy) is 2. The van der Waals surface area contributed by atoms with Gasteiger partial charge < -0.3 is 14.5 Å². The summed E-state index contributed by atoms with van der Waals surface area (Å²) < 4.78 is 10.7. The first kappa shape index (κ1) is 10.4. The molecule has 4 heteroatoms. The van der Waals surface area contributed by atoms with E-state index in [2.05, 4.69) is 4.98 Å². The second-order valence-corrected chi connectivity index (χ2v) is 4.26. The lowest BCUT2D eigenvalue weighted by Gasteiger charge is -2.08. The molecule has 1 saturated heterocycles. The summed E-state index contributed by atoms with van der Waals surface area (Å²) >= 11 is 0. The van der Waals surface area contributed by atoms with E-state index in [1.807, 2.05) is 25.1 Å². The molecular weight excluding hydrogens is 218 g/mol. The van der Waals surface area contributed by atoms with Crippen LogP contribution >= 0.6 is 0 Å². The fraction of sp³-hybridized carbons (Fsp3) is 0.308. The zero-order valence-electron chi connectivity index (χ0n) is 9.53. The fourth-order valence-electron chi connectivity index (χ4n) is 1.86. The average Bonchev–Trinajstić information content (AvgIpc) is 3.11. The number of nitrogens with one attached hydrogen (secondary N) is 1. The summed E-state index contributed by atoms with van der Waals surface area (Å²) in [7, 11) is 0. The van der Waals surface area contributed by atoms with Gasteiger partial charge in [-0.3, -0.25) is 4.79 Å². The van der Waals surface area contributed by atoms with Gasteiger partial charge in [-0.15, -0.1) is 0 Å². The van der Waals surface area contributed by atoms with Crippen molar-refractivity contribution in [1.29, 1.82) is 0 Å². The van der Waals surface area contributed by atoms with Gasteiger partial charge in [0.2, 0.25) is 0 Å². The standard InChI is InChI=1S/C13H13NO3/c1-8-3-2-4-10-11(17-7-9-6-16-9)5-12(15)14-13(8)10/h2-5,9H,6-7H2,1H3,(H,14,15)/t9-/m1/s1. The highest BCUT2D eigenvalue weighted by atomic mass is 16.6. The lowest BCUT2D eigenvalue weighted by Crippen LogP contribution is -2.10. The van der Waals surface area contributed by atoms with Crippen molar-refractivity contribution in [2.75, 3.05) is 13.2 Å². The topological polar surface area (TPSA) is 54.6 Å². The van der Waals surface area contributed by atoms with Gasteiger partial charge >= 0.3 is 0 Å². The number of hydrogen-bond acceptors (Lipinski definition) is 3. The van der Waals surface area contributed by atoms with Crippen LogP contribution in [0, 0.1) is 6.92 Å². The number of para-hydroxylation sites is 1. The number of fused-ring (bicyclic) bond motifs is 1. The molecule has 2 aromatic rings. The van der Waals surface area contributed by atoms with E-state index in [9.17, 15) is 4.79 Å². The third-order valence-electron chi connectivity index (χ3n) is 2.88. The first-order valence-electron chi connectivity index (χ1n) is 5.61. The van der Waals surface area contributed by atoms with Crippen molar-refractivity contribution in [1.82, 2.24) is 4.98 Å². The molecule has 1 fully saturated rings. The first-order valence-corrected chi connectivity index (χ1v) is 5.61. The largest absolute Gasteiger partial charge is 0.490 e. The van der Waals surface area contributed by atoms with Crippen LogP contribution in [0.4, 0.5) is 0 Å². The molecule has 0 unspecified atom stereocenters. The molecule has 17 heavy (non-hydrogen) atoms. The lowest BCUT2D eigenvalue weighted by atomic mass is 10.1. The van der Waals surface area contributed by atoms with E-state index < -0.39 is 0 Å². The fourth-order valence-corrected chi connectivity index (χ4v) is 1.86. The summed E-state index contributed by atoms with van der Waals surface area (Å²) in [6.45, 7) is 3.22. The Morgan fingerprint density at radius 1 is 1.53 bits per heavy atom. The average molecular weight is 231 g/mol. The van der Waals surface area contributed by atoms with Crippen LogP contribution in [0.1, 0.15) is 5.56 Å². The maximum absolute atomic E-state index is 11.5. The number of benzene rings is 1. The van der Waals surface area contributed by atoms with Crippen LogP contribution in [0.25, 0.3) is 10.9 Å². The summed E-state index contributed by atoms with van der Waals surface area (Å²) in [4.78, 5) is 14.4. The Bertz CT molecular complexity index is 614. The molecule has 1 aliphatic rings. The number of aromatic nitrogens is 1. The van der Waals surface area contributed by atoms with Crippen LogP contribution in [-0.2, 0) is 4.74 Å². The highest BCUT2D eigenvalue weighted by Gasteiger charge is 2.23. The number of rotatable bonds is 3. The van der Waals surface area contributed by atoms with E-state index in [0.717, 1.165) is 23.1 Å². The van der Waals surface area contributed by atoms with Gasteiger partial charge in [-0.1, -0.05) is 12.1 Å². The number of pyridine rings is 1. The Morgan fingerprint density at radius 3 is 3.12 bits per heavy atom. The number of aromatic amines is 1. The smallest absolute Gasteiger partial charge is 0.252 e. The Balaban J connectivity index is 2.08. The van der Waals surface area contributed by atoms with Gasteiger partial charge in [0.05, 0.1) is 12.1 Å². The second-order valence-electron chi connectivity index (χ2n) is 4.26. The zero-order chi connectivity index (χ0) is 11.8. The van der Waals surface area contributed by atoms with Gasteiger partial charge in [0, 0.05) is 11.5 Å². The maximum Gasteiger partial charge on any atom is 0.252 e. The molecule has 1 aliphatic heterocycles. The number of hydrogen-bond donors (Lipinski definition) is 1. The van der Waals surface area contributed by atoms with Gasteiger partial charge in [-0.05, 0) is 18.6 Å². The summed E-state index contributed by atoms with van der Waals surface area (Å²) in [5.74, 6) is 0.628. The Kier molecular flexibility index (Phi) is 2.37. The normalized spacial score (nSPS) is 18.3. The van der Waals surface area contributed by atoms with Crippen LogP contribution < -0.4 is 10.3 Å². The Morgan fingerprint density at radius 2 is 2.35 bits per heavy atom. The molecule has 88 valence electrons. The second kappa shape index (κ2) is 3.89. The molecule has 1 atom stereocenters. The predicted octanol–water partition coefficient (Wildman–Crippen LogP) is 1.61. The number of H-pyrrole nitrogens is 1. The van der Waals surface area contributed by atoms with Crippen LogP contribution in [0.15, 0.2) is 29.1 Å². The molecule has 1 aromatic carbocycles. The summed E-state index contributed by atoms with van der Waals surface area (Å²) in [6, 6.07) is 7.36. The first-order chi connectivity index (χ1) is 8.24. The number of epoxide rings is 1. The van der Waals surface area contributed by atoms with Crippen molar-refractivity contribution in [3.63, 3.8) is 0 Å². The highest BCUT2D eigenvalue weighted by molar-refractivity contribution is 5.87. The lowest BCUT2D eigenvalue weighted by molar-refractivity contribution is 0.265. The molecule has 0 radical (unpaired) electrons. The van der Waals surface area contributed by atoms with Gasteiger partial charge in [-0.2, -0.15) is 0 Å². The van der Waals surface area contributed by atoms with Crippen molar-refractivity contribution in [2.45, 2.75) is 13.0 Å².